The van der Waals surface area contributed by atoms with Gasteiger partial charge in [-0.2, -0.15) is 0 Å². The highest BCUT2D eigenvalue weighted by Gasteiger charge is 2.26. The van der Waals surface area contributed by atoms with Crippen molar-refractivity contribution in [3.63, 3.8) is 0 Å². The van der Waals surface area contributed by atoms with Crippen LogP contribution >= 0.6 is 0 Å². The average molecular weight is 336 g/mol. The maximum Gasteiger partial charge on any atom is 0.265 e. The quantitative estimate of drug-likeness (QED) is 0.821. The van der Waals surface area contributed by atoms with E-state index in [9.17, 15) is 9.59 Å². The summed E-state index contributed by atoms with van der Waals surface area (Å²) in [4.78, 5) is 23.1. The van der Waals surface area contributed by atoms with Gasteiger partial charge < -0.3 is 20.5 Å². The van der Waals surface area contributed by atoms with Gasteiger partial charge in [0.2, 0.25) is 12.0 Å². The van der Waals surface area contributed by atoms with Crippen molar-refractivity contribution in [3.8, 4) is 23.3 Å². The number of ether oxygens (including phenoxy) is 2. The molecule has 0 bridgehead atoms. The third-order valence-electron chi connectivity index (χ3n) is 3.55. The molecular formula is C19H16N2O4. The Morgan fingerprint density at radius 3 is 2.56 bits per heavy atom. The normalized spacial score (nSPS) is 14.8. The minimum Gasteiger partial charge on any atom is -0.485 e. The van der Waals surface area contributed by atoms with Crippen LogP contribution in [0.3, 0.4) is 0 Å². The van der Waals surface area contributed by atoms with Gasteiger partial charge in [-0.25, -0.2) is 0 Å². The summed E-state index contributed by atoms with van der Waals surface area (Å²) in [5.74, 6) is 6.15. The first kappa shape index (κ1) is 16.4. The molecule has 6 nitrogen and oxygen atoms in total. The van der Waals surface area contributed by atoms with Crippen LogP contribution in [0.15, 0.2) is 48.5 Å². The first-order valence-electron chi connectivity index (χ1n) is 7.68. The Morgan fingerprint density at radius 2 is 1.84 bits per heavy atom. The number of rotatable bonds is 3. The number of benzene rings is 2. The second-order valence-corrected chi connectivity index (χ2v) is 5.33. The second-order valence-electron chi connectivity index (χ2n) is 5.33. The molecule has 0 aromatic heterocycles. The number of primary amides is 1. The van der Waals surface area contributed by atoms with Crippen molar-refractivity contribution < 1.29 is 19.1 Å². The molecule has 1 aliphatic rings. The van der Waals surface area contributed by atoms with E-state index in [2.05, 4.69) is 17.2 Å². The van der Waals surface area contributed by atoms with Gasteiger partial charge in [0.15, 0.2) is 11.5 Å². The third kappa shape index (κ3) is 4.09. The molecule has 2 amide bonds. The Kier molecular flexibility index (Phi) is 4.86. The molecule has 0 fully saturated rings. The van der Waals surface area contributed by atoms with Crippen LogP contribution in [-0.4, -0.2) is 31.1 Å². The van der Waals surface area contributed by atoms with E-state index in [0.29, 0.717) is 17.1 Å². The van der Waals surface area contributed by atoms with E-state index in [1.54, 1.807) is 36.4 Å². The summed E-state index contributed by atoms with van der Waals surface area (Å²) in [6.07, 6.45) is -0.702. The van der Waals surface area contributed by atoms with Crippen LogP contribution in [0, 0.1) is 11.8 Å². The molecule has 126 valence electrons. The maximum absolute atomic E-state index is 12.1. The number of para-hydroxylation sites is 2. The molecule has 1 heterocycles. The van der Waals surface area contributed by atoms with Crippen LogP contribution in [0.25, 0.3) is 0 Å². The van der Waals surface area contributed by atoms with E-state index in [-0.39, 0.29) is 19.1 Å². The number of amides is 2. The highest BCUT2D eigenvalue weighted by molar-refractivity contribution is 5.92. The van der Waals surface area contributed by atoms with Crippen LogP contribution in [0.1, 0.15) is 15.9 Å². The summed E-state index contributed by atoms with van der Waals surface area (Å²) in [5, 5.41) is 2.69. The van der Waals surface area contributed by atoms with Crippen molar-refractivity contribution >= 4 is 11.8 Å². The molecule has 1 atom stereocenters. The molecule has 2 aromatic rings. The number of carbonyl (C=O) groups is 2. The zero-order chi connectivity index (χ0) is 17.6. The number of hydrogen-bond donors (Lipinski definition) is 2. The minimum atomic E-state index is -0.702. The van der Waals surface area contributed by atoms with Gasteiger partial charge in [-0.3, -0.25) is 9.59 Å². The van der Waals surface area contributed by atoms with E-state index < -0.39 is 12.0 Å². The predicted octanol–water partition coefficient (Wildman–Crippen LogP) is 1.09. The minimum absolute atomic E-state index is 0.158. The van der Waals surface area contributed by atoms with E-state index >= 15 is 0 Å². The zero-order valence-corrected chi connectivity index (χ0v) is 13.3. The number of fused-ring (bicyclic) bond motifs is 1. The molecule has 3 N–H and O–H groups in total. The van der Waals surface area contributed by atoms with Gasteiger partial charge in [0.05, 0.1) is 6.54 Å². The van der Waals surface area contributed by atoms with Gasteiger partial charge >= 0.3 is 0 Å². The molecule has 0 spiro atoms. The van der Waals surface area contributed by atoms with Crippen LogP contribution in [-0.2, 0) is 4.79 Å². The van der Waals surface area contributed by atoms with Gasteiger partial charge in [-0.05, 0) is 36.4 Å². The number of nitrogens with one attached hydrogen (secondary N) is 1. The molecule has 0 aliphatic carbocycles. The smallest absolute Gasteiger partial charge is 0.265 e. The van der Waals surface area contributed by atoms with Gasteiger partial charge in [-0.15, -0.1) is 0 Å². The maximum atomic E-state index is 12.1. The summed E-state index contributed by atoms with van der Waals surface area (Å²) in [7, 11) is 0. The molecule has 1 unspecified atom stereocenters. The predicted molar refractivity (Wildman–Crippen MR) is 91.2 cm³/mol. The summed E-state index contributed by atoms with van der Waals surface area (Å²) in [5.41, 5.74) is 6.33. The molecular weight excluding hydrogens is 320 g/mol. The first-order valence-corrected chi connectivity index (χ1v) is 7.68. The standard InChI is InChI=1S/C19H16N2O4/c20-18(22)14-9-7-13(8-10-14)4-3-11-21-19(23)17-12-24-15-5-1-2-6-16(15)25-17/h1-2,5-10,17H,11-12H2,(H2,20,22)(H,21,23). The fourth-order valence-electron chi connectivity index (χ4n) is 2.26. The largest absolute Gasteiger partial charge is 0.485 e. The van der Waals surface area contributed by atoms with Crippen molar-refractivity contribution in [3.05, 3.63) is 59.7 Å². The van der Waals surface area contributed by atoms with Crippen LogP contribution in [0.2, 0.25) is 0 Å². The lowest BCUT2D eigenvalue weighted by Gasteiger charge is -2.25. The molecule has 25 heavy (non-hydrogen) atoms. The fraction of sp³-hybridized carbons (Fsp3) is 0.158. The van der Waals surface area contributed by atoms with Gasteiger partial charge in [0, 0.05) is 11.1 Å². The summed E-state index contributed by atoms with van der Waals surface area (Å²) < 4.78 is 11.1. The molecule has 3 rings (SSSR count). The van der Waals surface area contributed by atoms with E-state index in [1.807, 2.05) is 12.1 Å². The van der Waals surface area contributed by atoms with E-state index in [4.69, 9.17) is 15.2 Å². The second kappa shape index (κ2) is 7.41. The molecule has 2 aromatic carbocycles. The lowest BCUT2D eigenvalue weighted by molar-refractivity contribution is -0.130. The van der Waals surface area contributed by atoms with Crippen molar-refractivity contribution in [2.75, 3.05) is 13.2 Å². The molecule has 0 radical (unpaired) electrons. The molecule has 0 saturated carbocycles. The average Bonchev–Trinajstić information content (AvgIpc) is 2.65. The highest BCUT2D eigenvalue weighted by Crippen LogP contribution is 2.30. The third-order valence-corrected chi connectivity index (χ3v) is 3.55. The first-order chi connectivity index (χ1) is 12.1. The van der Waals surface area contributed by atoms with Crippen molar-refractivity contribution in [1.29, 1.82) is 0 Å². The monoisotopic (exact) mass is 336 g/mol. The van der Waals surface area contributed by atoms with Crippen molar-refractivity contribution in [1.82, 2.24) is 5.32 Å². The Labute approximate surface area is 144 Å². The Morgan fingerprint density at radius 1 is 1.12 bits per heavy atom. The summed E-state index contributed by atoms with van der Waals surface area (Å²) >= 11 is 0. The lowest BCUT2D eigenvalue weighted by atomic mass is 10.1. The molecule has 6 heteroatoms. The van der Waals surface area contributed by atoms with E-state index in [0.717, 1.165) is 5.56 Å². The number of hydrogen-bond acceptors (Lipinski definition) is 4. The number of carbonyl (C=O) groups excluding carboxylic acids is 2. The van der Waals surface area contributed by atoms with Gasteiger partial charge in [0.1, 0.15) is 6.61 Å². The molecule has 1 aliphatic heterocycles. The van der Waals surface area contributed by atoms with Gasteiger partial charge in [0.25, 0.3) is 5.91 Å². The van der Waals surface area contributed by atoms with Gasteiger partial charge in [-0.1, -0.05) is 24.0 Å². The fourth-order valence-corrected chi connectivity index (χ4v) is 2.26. The van der Waals surface area contributed by atoms with Crippen molar-refractivity contribution in [2.45, 2.75) is 6.10 Å². The lowest BCUT2D eigenvalue weighted by Crippen LogP contribution is -2.44. The van der Waals surface area contributed by atoms with Crippen molar-refractivity contribution in [2.24, 2.45) is 5.73 Å². The highest BCUT2D eigenvalue weighted by atomic mass is 16.6. The van der Waals surface area contributed by atoms with Crippen LogP contribution < -0.4 is 20.5 Å². The Balaban J connectivity index is 1.51. The summed E-state index contributed by atoms with van der Waals surface area (Å²) in [6, 6.07) is 13.8. The van der Waals surface area contributed by atoms with E-state index in [1.165, 1.54) is 0 Å². The molecule has 0 saturated heterocycles. The summed E-state index contributed by atoms with van der Waals surface area (Å²) in [6.45, 7) is 0.336. The van der Waals surface area contributed by atoms with Crippen LogP contribution in [0.5, 0.6) is 11.5 Å². The Bertz CT molecular complexity index is 850. The zero-order valence-electron chi connectivity index (χ0n) is 13.3. The number of nitrogens with two attached hydrogens (primary N) is 1. The van der Waals surface area contributed by atoms with Crippen LogP contribution in [0.4, 0.5) is 0 Å². The SMILES string of the molecule is NC(=O)c1ccc(C#CCNC(=O)C2COc3ccccc3O2)cc1. The Hall–Kier alpha value is -3.46. The topological polar surface area (TPSA) is 90.7 Å².